The summed E-state index contributed by atoms with van der Waals surface area (Å²) in [6.07, 6.45) is 1.64. The average molecular weight is 421 g/mol. The summed E-state index contributed by atoms with van der Waals surface area (Å²) >= 11 is 0. The van der Waals surface area contributed by atoms with Crippen LogP contribution in [0.2, 0.25) is 0 Å². The predicted octanol–water partition coefficient (Wildman–Crippen LogP) is 1.61. The summed E-state index contributed by atoms with van der Waals surface area (Å²) in [5, 5.41) is 10.5. The molecular weight excluding hydrogens is 399 g/mol. The molecule has 4 aromatic rings. The number of aromatic amines is 1. The molecule has 2 aromatic heterocycles. The van der Waals surface area contributed by atoms with Gasteiger partial charge in [-0.2, -0.15) is 0 Å². The van der Waals surface area contributed by atoms with Gasteiger partial charge in [0.25, 0.3) is 5.56 Å². The quantitative estimate of drug-likeness (QED) is 0.413. The highest BCUT2D eigenvalue weighted by Crippen LogP contribution is 2.25. The van der Waals surface area contributed by atoms with Gasteiger partial charge in [-0.25, -0.2) is 9.37 Å². The van der Waals surface area contributed by atoms with E-state index in [0.717, 1.165) is 24.7 Å². The Morgan fingerprint density at radius 2 is 1.97 bits per heavy atom. The Morgan fingerprint density at radius 1 is 1.19 bits per heavy atom. The Hall–Kier alpha value is -3.78. The van der Waals surface area contributed by atoms with Crippen LogP contribution in [0.5, 0.6) is 5.75 Å². The highest BCUT2D eigenvalue weighted by atomic mass is 19.1. The van der Waals surface area contributed by atoms with Crippen molar-refractivity contribution in [2.24, 2.45) is 0 Å². The lowest BCUT2D eigenvalue weighted by atomic mass is 10.0. The van der Waals surface area contributed by atoms with Gasteiger partial charge in [0.15, 0.2) is 11.6 Å². The molecule has 8 heteroatoms. The second-order valence-corrected chi connectivity index (χ2v) is 7.69. The third-order valence-corrected chi connectivity index (χ3v) is 5.07. The molecule has 0 amide bonds. The first kappa shape index (κ1) is 20.5. The lowest BCUT2D eigenvalue weighted by Crippen LogP contribution is -3.06. The first-order valence-corrected chi connectivity index (χ1v) is 9.85. The van der Waals surface area contributed by atoms with Gasteiger partial charge in [-0.15, -0.1) is 0 Å². The molecule has 158 valence electrons. The smallest absolute Gasteiger partial charge is 0.259 e. The number of aromatic hydroxyl groups is 1. The molecule has 0 aliphatic carbocycles. The number of ketones is 1. The number of benzene rings is 2. The third kappa shape index (κ3) is 4.10. The summed E-state index contributed by atoms with van der Waals surface area (Å²) in [7, 11) is 4.02. The zero-order valence-electron chi connectivity index (χ0n) is 17.1. The van der Waals surface area contributed by atoms with Crippen LogP contribution in [0.3, 0.4) is 0 Å². The molecule has 4 rings (SSSR count). The maximum absolute atomic E-state index is 13.7. The van der Waals surface area contributed by atoms with Crippen LogP contribution >= 0.6 is 0 Å². The molecule has 0 atom stereocenters. The number of H-pyrrole nitrogens is 1. The van der Waals surface area contributed by atoms with Crippen LogP contribution in [0.25, 0.3) is 22.4 Å². The lowest BCUT2D eigenvalue weighted by molar-refractivity contribution is -0.858. The van der Waals surface area contributed by atoms with E-state index in [2.05, 4.69) is 9.97 Å². The van der Waals surface area contributed by atoms with Crippen LogP contribution in [0, 0.1) is 5.82 Å². The van der Waals surface area contributed by atoms with E-state index in [1.54, 1.807) is 36.5 Å². The first-order chi connectivity index (χ1) is 14.8. The van der Waals surface area contributed by atoms with Crippen molar-refractivity contribution < 1.29 is 19.2 Å². The molecule has 2 heterocycles. The van der Waals surface area contributed by atoms with Crippen LogP contribution in [0.15, 0.2) is 59.5 Å². The molecule has 7 nitrogen and oxygen atoms in total. The van der Waals surface area contributed by atoms with E-state index in [9.17, 15) is 19.1 Å². The van der Waals surface area contributed by atoms with E-state index in [1.807, 2.05) is 18.7 Å². The van der Waals surface area contributed by atoms with E-state index >= 15 is 0 Å². The third-order valence-electron chi connectivity index (χ3n) is 5.07. The minimum atomic E-state index is -0.613. The van der Waals surface area contributed by atoms with E-state index in [-0.39, 0.29) is 22.4 Å². The Balaban J connectivity index is 1.84. The molecule has 0 saturated carbocycles. The van der Waals surface area contributed by atoms with Gasteiger partial charge in [-0.3, -0.25) is 9.59 Å². The molecule has 31 heavy (non-hydrogen) atoms. The van der Waals surface area contributed by atoms with Crippen molar-refractivity contribution in [1.82, 2.24) is 14.5 Å². The number of phenolic OH excluding ortho intramolecular Hbond substituents is 1. The number of likely N-dealkylation sites (N-methyl/N-ethyl adjacent to an activating group) is 1. The van der Waals surface area contributed by atoms with E-state index in [1.165, 1.54) is 4.90 Å². The fraction of sp³-hybridized carbons (Fsp3) is 0.174. The van der Waals surface area contributed by atoms with Gasteiger partial charge < -0.3 is 19.6 Å². The van der Waals surface area contributed by atoms with Gasteiger partial charge in [0.05, 0.1) is 49.3 Å². The van der Waals surface area contributed by atoms with Crippen LogP contribution in [-0.2, 0) is 6.54 Å². The number of rotatable bonds is 6. The molecule has 3 N–H and O–H groups in total. The van der Waals surface area contributed by atoms with Crippen molar-refractivity contribution in [3.63, 3.8) is 0 Å². The number of quaternary nitrogens is 1. The molecule has 0 radical (unpaired) electrons. The molecule has 0 fully saturated rings. The van der Waals surface area contributed by atoms with Crippen LogP contribution < -0.4 is 10.5 Å². The second-order valence-electron chi connectivity index (χ2n) is 7.69. The molecule has 0 bridgehead atoms. The minimum absolute atomic E-state index is 0.123. The van der Waals surface area contributed by atoms with Crippen molar-refractivity contribution in [1.29, 1.82) is 0 Å². The number of phenols is 1. The van der Waals surface area contributed by atoms with Crippen LogP contribution in [0.1, 0.15) is 15.9 Å². The van der Waals surface area contributed by atoms with Gasteiger partial charge in [0.2, 0.25) is 0 Å². The Bertz CT molecular complexity index is 1340. The fourth-order valence-electron chi connectivity index (χ4n) is 3.42. The summed E-state index contributed by atoms with van der Waals surface area (Å²) in [5.74, 6) is -1.09. The van der Waals surface area contributed by atoms with Crippen molar-refractivity contribution in [2.45, 2.75) is 6.54 Å². The van der Waals surface area contributed by atoms with Gasteiger partial charge in [-0.1, -0.05) is 12.1 Å². The van der Waals surface area contributed by atoms with Crippen molar-refractivity contribution >= 4 is 16.7 Å². The first-order valence-electron chi connectivity index (χ1n) is 9.85. The van der Waals surface area contributed by atoms with E-state index in [4.69, 9.17) is 0 Å². The number of carbonyl (C=O) groups excluding carboxylic acids is 1. The highest BCUT2D eigenvalue weighted by Gasteiger charge is 2.20. The van der Waals surface area contributed by atoms with Gasteiger partial charge in [-0.05, 0) is 36.4 Å². The Kier molecular flexibility index (Phi) is 5.39. The number of nitrogens with one attached hydrogen (secondary N) is 2. The SMILES string of the molecule is C[NH+](C)CCn1cc(C(=O)c2cc(F)ccc2O)cc1-c1nc2ccccc2c(=O)[nH]1. The summed E-state index contributed by atoms with van der Waals surface area (Å²) in [4.78, 5) is 34.1. The van der Waals surface area contributed by atoms with Gasteiger partial charge in [0, 0.05) is 11.8 Å². The Morgan fingerprint density at radius 3 is 2.74 bits per heavy atom. The molecular formula is C23H22FN4O3+. The van der Waals surface area contributed by atoms with E-state index < -0.39 is 11.6 Å². The molecule has 0 saturated heterocycles. The number of hydrogen-bond donors (Lipinski definition) is 3. The molecule has 2 aromatic carbocycles. The van der Waals surface area contributed by atoms with Crippen molar-refractivity contribution in [3.05, 3.63) is 82.0 Å². The second kappa shape index (κ2) is 8.16. The summed E-state index contributed by atoms with van der Waals surface area (Å²) in [6.45, 7) is 1.33. The standard InChI is InChI=1S/C23H21FN4O3/c1-27(2)9-10-28-13-14(21(30)17-12-15(24)7-8-20(17)29)11-19(28)22-25-18-6-4-3-5-16(18)23(31)26-22/h3-8,11-13,29H,9-10H2,1-2H3,(H,25,26,31)/p+1. The highest BCUT2D eigenvalue weighted by molar-refractivity contribution is 6.11. The monoisotopic (exact) mass is 421 g/mol. The zero-order valence-corrected chi connectivity index (χ0v) is 17.1. The normalized spacial score (nSPS) is 11.4. The van der Waals surface area contributed by atoms with Crippen molar-refractivity contribution in [2.75, 3.05) is 20.6 Å². The maximum Gasteiger partial charge on any atom is 0.259 e. The number of nitrogens with zero attached hydrogens (tertiary/aromatic N) is 2. The number of fused-ring (bicyclic) bond motifs is 1. The maximum atomic E-state index is 13.7. The molecule has 0 aliphatic heterocycles. The lowest BCUT2D eigenvalue weighted by Gasteiger charge is -2.11. The fourth-order valence-corrected chi connectivity index (χ4v) is 3.42. The number of aromatic nitrogens is 3. The number of halogens is 1. The molecule has 0 aliphatic rings. The number of carbonyl (C=O) groups is 1. The van der Waals surface area contributed by atoms with Crippen LogP contribution in [-0.4, -0.2) is 46.1 Å². The van der Waals surface area contributed by atoms with Crippen LogP contribution in [0.4, 0.5) is 4.39 Å². The summed E-state index contributed by atoms with van der Waals surface area (Å²) in [5.41, 5.74) is 0.968. The topological polar surface area (TPSA) is 92.4 Å². The molecule has 0 unspecified atom stereocenters. The Labute approximate surface area is 177 Å². The summed E-state index contributed by atoms with van der Waals surface area (Å²) in [6, 6.07) is 11.9. The number of para-hydroxylation sites is 1. The van der Waals surface area contributed by atoms with Gasteiger partial charge in [0.1, 0.15) is 11.6 Å². The average Bonchev–Trinajstić information content (AvgIpc) is 3.18. The van der Waals surface area contributed by atoms with Gasteiger partial charge >= 0.3 is 0 Å². The minimum Gasteiger partial charge on any atom is -0.507 e. The van der Waals surface area contributed by atoms with E-state index in [0.29, 0.717) is 29.0 Å². The number of hydrogen-bond acceptors (Lipinski definition) is 4. The predicted molar refractivity (Wildman–Crippen MR) is 115 cm³/mol. The van der Waals surface area contributed by atoms with Crippen molar-refractivity contribution in [3.8, 4) is 17.3 Å². The molecule has 0 spiro atoms. The summed E-state index contributed by atoms with van der Waals surface area (Å²) < 4.78 is 15.5. The largest absolute Gasteiger partial charge is 0.507 e. The zero-order chi connectivity index (χ0) is 22.1.